The van der Waals surface area contributed by atoms with E-state index in [1.54, 1.807) is 11.3 Å². The predicted octanol–water partition coefficient (Wildman–Crippen LogP) is 2.60. The summed E-state index contributed by atoms with van der Waals surface area (Å²) in [5.74, 6) is 1.37. The van der Waals surface area contributed by atoms with Gasteiger partial charge in [-0.15, -0.1) is 11.3 Å². The van der Waals surface area contributed by atoms with Gasteiger partial charge in [-0.2, -0.15) is 4.98 Å². The van der Waals surface area contributed by atoms with Crippen LogP contribution in [0.15, 0.2) is 20.4 Å². The largest absolute Gasteiger partial charge is 0.337 e. The van der Waals surface area contributed by atoms with Gasteiger partial charge < -0.3 is 9.84 Å². The first-order valence-corrected chi connectivity index (χ1v) is 6.31. The molecular weight excluding hydrogens is 278 g/mol. The lowest BCUT2D eigenvalue weighted by Crippen LogP contribution is -2.35. The second-order valence-electron chi connectivity index (χ2n) is 3.38. The molecule has 2 aromatic heterocycles. The van der Waals surface area contributed by atoms with E-state index in [9.17, 15) is 0 Å². The fourth-order valence-corrected chi connectivity index (χ4v) is 2.76. The first kappa shape index (κ1) is 9.50. The zero-order valence-corrected chi connectivity index (χ0v) is 10.1. The minimum Gasteiger partial charge on any atom is -0.337 e. The molecule has 0 unspecified atom stereocenters. The molecule has 4 nitrogen and oxygen atoms in total. The molecule has 1 aliphatic rings. The highest BCUT2D eigenvalue weighted by Crippen LogP contribution is 2.29. The summed E-state index contributed by atoms with van der Waals surface area (Å²) >= 11 is 5.00. The van der Waals surface area contributed by atoms with Crippen LogP contribution in [0.25, 0.3) is 10.7 Å². The van der Waals surface area contributed by atoms with Gasteiger partial charge in [-0.1, -0.05) is 5.16 Å². The fraction of sp³-hybridized carbons (Fsp3) is 0.333. The molecule has 0 bridgehead atoms. The van der Waals surface area contributed by atoms with Crippen LogP contribution < -0.4 is 5.32 Å². The molecule has 0 amide bonds. The van der Waals surface area contributed by atoms with Crippen LogP contribution >= 0.6 is 27.3 Å². The zero-order chi connectivity index (χ0) is 10.3. The summed E-state index contributed by atoms with van der Waals surface area (Å²) in [6, 6.07) is 2.25. The van der Waals surface area contributed by atoms with Gasteiger partial charge in [-0.3, -0.25) is 0 Å². The van der Waals surface area contributed by atoms with Gasteiger partial charge in [0.2, 0.25) is 11.7 Å². The van der Waals surface area contributed by atoms with Crippen molar-refractivity contribution < 1.29 is 4.52 Å². The second-order valence-corrected chi connectivity index (χ2v) is 5.21. The van der Waals surface area contributed by atoms with E-state index in [1.807, 2.05) is 11.4 Å². The monoisotopic (exact) mass is 285 g/mol. The Labute approximate surface area is 98.8 Å². The minimum absolute atomic E-state index is 0.259. The predicted molar refractivity (Wildman–Crippen MR) is 60.7 cm³/mol. The first-order valence-electron chi connectivity index (χ1n) is 4.64. The summed E-state index contributed by atoms with van der Waals surface area (Å²) in [6.45, 7) is 1.03. The Kier molecular flexibility index (Phi) is 2.34. The normalized spacial score (nSPS) is 20.2. The topological polar surface area (TPSA) is 51.0 Å². The molecule has 15 heavy (non-hydrogen) atoms. The van der Waals surface area contributed by atoms with E-state index in [-0.39, 0.29) is 6.04 Å². The van der Waals surface area contributed by atoms with E-state index >= 15 is 0 Å². The second kappa shape index (κ2) is 3.70. The molecule has 0 spiro atoms. The van der Waals surface area contributed by atoms with Crippen molar-refractivity contribution in [3.63, 3.8) is 0 Å². The van der Waals surface area contributed by atoms with Crippen LogP contribution in [-0.4, -0.2) is 16.7 Å². The van der Waals surface area contributed by atoms with Gasteiger partial charge in [0.1, 0.15) is 0 Å². The Hall–Kier alpha value is -0.720. The first-order chi connectivity index (χ1) is 7.33. The van der Waals surface area contributed by atoms with Crippen LogP contribution in [-0.2, 0) is 0 Å². The highest BCUT2D eigenvalue weighted by molar-refractivity contribution is 9.10. The molecule has 1 fully saturated rings. The molecule has 0 aromatic carbocycles. The molecule has 1 saturated heterocycles. The number of hydrogen-bond donors (Lipinski definition) is 1. The zero-order valence-electron chi connectivity index (χ0n) is 7.74. The van der Waals surface area contributed by atoms with Crippen molar-refractivity contribution in [3.8, 4) is 10.7 Å². The van der Waals surface area contributed by atoms with Crippen molar-refractivity contribution >= 4 is 27.3 Å². The van der Waals surface area contributed by atoms with E-state index in [4.69, 9.17) is 4.52 Å². The highest BCUT2D eigenvalue weighted by Gasteiger charge is 2.25. The van der Waals surface area contributed by atoms with E-state index in [2.05, 4.69) is 31.4 Å². The van der Waals surface area contributed by atoms with Crippen LogP contribution in [0.2, 0.25) is 0 Å². The molecule has 0 radical (unpaired) electrons. The van der Waals surface area contributed by atoms with Gasteiger partial charge in [-0.25, -0.2) is 0 Å². The van der Waals surface area contributed by atoms with Crippen molar-refractivity contribution in [2.24, 2.45) is 0 Å². The number of nitrogens with one attached hydrogen (secondary N) is 1. The number of halogens is 1. The minimum atomic E-state index is 0.259. The molecule has 78 valence electrons. The highest BCUT2D eigenvalue weighted by atomic mass is 79.9. The third-order valence-electron chi connectivity index (χ3n) is 2.35. The van der Waals surface area contributed by atoms with Crippen molar-refractivity contribution in [1.29, 1.82) is 0 Å². The van der Waals surface area contributed by atoms with Gasteiger partial charge in [0.25, 0.3) is 0 Å². The molecule has 3 rings (SSSR count). The van der Waals surface area contributed by atoms with Gasteiger partial charge in [0.15, 0.2) is 0 Å². The quantitative estimate of drug-likeness (QED) is 0.922. The maximum Gasteiger partial charge on any atom is 0.244 e. The SMILES string of the molecule is Brc1csc(-c2noc([C@H]3CCN3)n2)c1. The molecule has 6 heteroatoms. The summed E-state index contributed by atoms with van der Waals surface area (Å²) < 4.78 is 6.25. The van der Waals surface area contributed by atoms with Crippen LogP contribution in [0.5, 0.6) is 0 Å². The number of thiophene rings is 1. The summed E-state index contributed by atoms with van der Waals surface area (Å²) in [6.07, 6.45) is 1.08. The number of aromatic nitrogens is 2. The summed E-state index contributed by atoms with van der Waals surface area (Å²) in [4.78, 5) is 5.39. The standard InChI is InChI=1S/C9H8BrN3OS/c10-5-3-7(15-4-5)8-12-9(14-13-8)6-1-2-11-6/h3-4,6,11H,1-2H2/t6-/m1/s1. The van der Waals surface area contributed by atoms with Crippen LogP contribution in [0.4, 0.5) is 0 Å². The lowest BCUT2D eigenvalue weighted by atomic mass is 10.1. The van der Waals surface area contributed by atoms with E-state index in [1.165, 1.54) is 0 Å². The summed E-state index contributed by atoms with van der Waals surface area (Å²) in [7, 11) is 0. The van der Waals surface area contributed by atoms with Crippen LogP contribution in [0.1, 0.15) is 18.4 Å². The Morgan fingerprint density at radius 2 is 2.47 bits per heavy atom. The van der Waals surface area contributed by atoms with E-state index in [0.29, 0.717) is 11.7 Å². The Bertz CT molecular complexity index is 477. The summed E-state index contributed by atoms with van der Waals surface area (Å²) in [5.41, 5.74) is 0. The Morgan fingerprint density at radius 3 is 3.07 bits per heavy atom. The average Bonchev–Trinajstić information content (AvgIpc) is 2.70. The van der Waals surface area contributed by atoms with Gasteiger partial charge in [-0.05, 0) is 35.0 Å². The van der Waals surface area contributed by atoms with E-state index in [0.717, 1.165) is 22.3 Å². The smallest absolute Gasteiger partial charge is 0.244 e. The maximum atomic E-state index is 5.20. The van der Waals surface area contributed by atoms with Crippen molar-refractivity contribution in [1.82, 2.24) is 15.5 Å². The third-order valence-corrected chi connectivity index (χ3v) is 4.04. The fourth-order valence-electron chi connectivity index (χ4n) is 1.41. The van der Waals surface area contributed by atoms with Gasteiger partial charge in [0.05, 0.1) is 10.9 Å². The number of rotatable bonds is 2. The van der Waals surface area contributed by atoms with Crippen molar-refractivity contribution in [2.45, 2.75) is 12.5 Å². The molecule has 0 saturated carbocycles. The van der Waals surface area contributed by atoms with E-state index < -0.39 is 0 Å². The Morgan fingerprint density at radius 1 is 1.60 bits per heavy atom. The molecule has 1 aliphatic heterocycles. The van der Waals surface area contributed by atoms with Crippen LogP contribution in [0, 0.1) is 0 Å². The molecule has 0 aliphatic carbocycles. The molecule has 1 N–H and O–H groups in total. The van der Waals surface area contributed by atoms with Gasteiger partial charge >= 0.3 is 0 Å². The molecule has 1 atom stereocenters. The third kappa shape index (κ3) is 1.73. The lowest BCUT2D eigenvalue weighted by molar-refractivity contribution is 0.273. The summed E-state index contributed by atoms with van der Waals surface area (Å²) in [5, 5.41) is 9.20. The number of hydrogen-bond acceptors (Lipinski definition) is 5. The van der Waals surface area contributed by atoms with Gasteiger partial charge in [0, 0.05) is 9.85 Å². The van der Waals surface area contributed by atoms with Crippen molar-refractivity contribution in [2.75, 3.05) is 6.54 Å². The van der Waals surface area contributed by atoms with Crippen LogP contribution in [0.3, 0.4) is 0 Å². The average molecular weight is 286 g/mol. The lowest BCUT2D eigenvalue weighted by Gasteiger charge is -2.23. The maximum absolute atomic E-state index is 5.20. The molecule has 2 aromatic rings. The Balaban J connectivity index is 1.89. The molecule has 3 heterocycles. The number of nitrogens with zero attached hydrogens (tertiary/aromatic N) is 2. The van der Waals surface area contributed by atoms with Crippen molar-refractivity contribution in [3.05, 3.63) is 21.8 Å². The molecular formula is C9H8BrN3OS.